The quantitative estimate of drug-likeness (QED) is 0.334. The average Bonchev–Trinajstić information content (AvgIpc) is 2.03. The van der Waals surface area contributed by atoms with Crippen molar-refractivity contribution in [2.75, 3.05) is 0 Å². The molecule has 0 spiro atoms. The zero-order chi connectivity index (χ0) is 10.4. The second kappa shape index (κ2) is 5.59. The fourth-order valence-corrected chi connectivity index (χ4v) is 1.29. The van der Waals surface area contributed by atoms with Gasteiger partial charge in [0.15, 0.2) is 0 Å². The molecule has 0 aromatic heterocycles. The summed E-state index contributed by atoms with van der Waals surface area (Å²) < 4.78 is 0. The average molecular weight is 185 g/mol. The van der Waals surface area contributed by atoms with Crippen LogP contribution in [0.15, 0.2) is 11.3 Å². The van der Waals surface area contributed by atoms with E-state index in [2.05, 4.69) is 12.3 Å². The van der Waals surface area contributed by atoms with Crippen molar-refractivity contribution in [3.05, 3.63) is 11.3 Å². The minimum atomic E-state index is -0.486. The molecule has 0 radical (unpaired) electrons. The van der Waals surface area contributed by atoms with Crippen molar-refractivity contribution < 1.29 is 4.79 Å². The minimum absolute atomic E-state index is 0.290. The van der Waals surface area contributed by atoms with Crippen LogP contribution in [-0.4, -0.2) is 5.91 Å². The Bertz CT molecular complexity index is 209. The molecule has 0 atom stereocenters. The predicted molar refractivity (Wildman–Crippen MR) is 53.3 cm³/mol. The molecule has 0 aromatic rings. The number of carbonyl (C=O) groups excluding carboxylic acids is 1. The number of allylic oxidation sites excluding steroid dienone is 1. The van der Waals surface area contributed by atoms with Crippen LogP contribution in [0.1, 0.15) is 33.6 Å². The molecule has 0 aromatic carbocycles. The lowest BCUT2D eigenvalue weighted by Gasteiger charge is -2.15. The smallest absolute Gasteiger partial charge is 0.266 e. The van der Waals surface area contributed by atoms with Gasteiger partial charge < -0.3 is 11.2 Å². The lowest BCUT2D eigenvalue weighted by atomic mass is 9.96. The molecule has 76 valence electrons. The second-order valence-corrected chi connectivity index (χ2v) is 3.31. The van der Waals surface area contributed by atoms with Gasteiger partial charge in [-0.3, -0.25) is 10.6 Å². The first kappa shape index (κ1) is 12.0. The number of carbonyl (C=O) groups is 1. The summed E-state index contributed by atoms with van der Waals surface area (Å²) >= 11 is 0. The van der Waals surface area contributed by atoms with Crippen LogP contribution in [0, 0.1) is 5.92 Å². The fraction of sp³-hybridized carbons (Fsp3) is 0.667. The van der Waals surface area contributed by atoms with Gasteiger partial charge in [0, 0.05) is 0 Å². The van der Waals surface area contributed by atoms with Crippen LogP contribution in [0.4, 0.5) is 0 Å². The molecule has 13 heavy (non-hydrogen) atoms. The lowest BCUT2D eigenvalue weighted by Crippen LogP contribution is -2.33. The first-order chi connectivity index (χ1) is 6.04. The molecule has 4 heteroatoms. The number of primary amides is 1. The molecule has 0 rings (SSSR count). The van der Waals surface area contributed by atoms with Crippen molar-refractivity contribution in [2.24, 2.45) is 17.5 Å². The number of nitrogens with two attached hydrogens (primary N) is 2. The third kappa shape index (κ3) is 3.46. The van der Waals surface area contributed by atoms with Gasteiger partial charge in [-0.15, -0.1) is 0 Å². The second-order valence-electron chi connectivity index (χ2n) is 3.31. The summed E-state index contributed by atoms with van der Waals surface area (Å²) in [4.78, 5) is 11.0. The van der Waals surface area contributed by atoms with E-state index < -0.39 is 5.91 Å². The number of nitrogens with one attached hydrogen (secondary N) is 1. The minimum Gasteiger partial charge on any atom is -0.364 e. The summed E-state index contributed by atoms with van der Waals surface area (Å²) in [6, 6.07) is 0. The Morgan fingerprint density at radius 2 is 2.00 bits per heavy atom. The Balaban J connectivity index is 4.88. The highest BCUT2D eigenvalue weighted by atomic mass is 16.1. The summed E-state index contributed by atoms with van der Waals surface area (Å²) in [5.74, 6) is 5.04. The predicted octanol–water partition coefficient (Wildman–Crippen LogP) is 0.645. The number of hydrogen-bond donors (Lipinski definition) is 3. The normalized spacial score (nSPS) is 12.7. The third-order valence-electron chi connectivity index (χ3n) is 1.93. The summed E-state index contributed by atoms with van der Waals surface area (Å²) in [5, 5.41) is 0. The zero-order valence-corrected chi connectivity index (χ0v) is 8.55. The van der Waals surface area contributed by atoms with Gasteiger partial charge >= 0.3 is 0 Å². The van der Waals surface area contributed by atoms with Crippen molar-refractivity contribution >= 4 is 5.91 Å². The maximum absolute atomic E-state index is 11.0. The maximum Gasteiger partial charge on any atom is 0.266 e. The van der Waals surface area contributed by atoms with E-state index >= 15 is 0 Å². The van der Waals surface area contributed by atoms with Gasteiger partial charge in [-0.1, -0.05) is 27.2 Å². The molecule has 0 aliphatic rings. The Morgan fingerprint density at radius 3 is 2.23 bits per heavy atom. The van der Waals surface area contributed by atoms with Crippen LogP contribution in [0.2, 0.25) is 0 Å². The summed E-state index contributed by atoms with van der Waals surface area (Å²) in [6.07, 6.45) is 1.83. The number of hydrazine groups is 1. The Hall–Kier alpha value is -1.03. The first-order valence-electron chi connectivity index (χ1n) is 4.54. The van der Waals surface area contributed by atoms with Gasteiger partial charge in [0.25, 0.3) is 5.91 Å². The van der Waals surface area contributed by atoms with Crippen LogP contribution in [-0.2, 0) is 4.79 Å². The molecule has 5 N–H and O–H groups in total. The molecule has 1 amide bonds. The monoisotopic (exact) mass is 185 g/mol. The summed E-state index contributed by atoms with van der Waals surface area (Å²) in [5.41, 5.74) is 8.91. The molecular weight excluding hydrogens is 166 g/mol. The SMILES string of the molecule is CCC/C(=C(\NN)C(N)=O)C(C)C. The molecular formula is C9H19N3O. The maximum atomic E-state index is 11.0. The van der Waals surface area contributed by atoms with E-state index in [1.165, 1.54) is 0 Å². The number of hydrogen-bond acceptors (Lipinski definition) is 3. The van der Waals surface area contributed by atoms with E-state index in [-0.39, 0.29) is 0 Å². The van der Waals surface area contributed by atoms with Crippen LogP contribution < -0.4 is 17.0 Å². The molecule has 0 saturated heterocycles. The van der Waals surface area contributed by atoms with E-state index in [0.717, 1.165) is 18.4 Å². The first-order valence-corrected chi connectivity index (χ1v) is 4.54. The van der Waals surface area contributed by atoms with Crippen molar-refractivity contribution in [3.8, 4) is 0 Å². The van der Waals surface area contributed by atoms with E-state index in [1.807, 2.05) is 13.8 Å². The molecule has 0 aliphatic heterocycles. The molecule has 0 unspecified atom stereocenters. The van der Waals surface area contributed by atoms with Crippen molar-refractivity contribution in [1.29, 1.82) is 0 Å². The molecule has 0 saturated carbocycles. The summed E-state index contributed by atoms with van der Waals surface area (Å²) in [7, 11) is 0. The highest BCUT2D eigenvalue weighted by molar-refractivity contribution is 5.92. The third-order valence-corrected chi connectivity index (χ3v) is 1.93. The molecule has 0 heterocycles. The van der Waals surface area contributed by atoms with Gasteiger partial charge in [0.05, 0.1) is 0 Å². The van der Waals surface area contributed by atoms with Crippen molar-refractivity contribution in [3.63, 3.8) is 0 Å². The Morgan fingerprint density at radius 1 is 1.46 bits per heavy atom. The molecule has 0 aliphatic carbocycles. The molecule has 0 fully saturated rings. The van der Waals surface area contributed by atoms with E-state index in [4.69, 9.17) is 11.6 Å². The van der Waals surface area contributed by atoms with Crippen LogP contribution in [0.25, 0.3) is 0 Å². The highest BCUT2D eigenvalue weighted by Crippen LogP contribution is 2.18. The topological polar surface area (TPSA) is 81.1 Å². The van der Waals surface area contributed by atoms with Crippen LogP contribution >= 0.6 is 0 Å². The largest absolute Gasteiger partial charge is 0.364 e. The van der Waals surface area contributed by atoms with Gasteiger partial charge in [-0.05, 0) is 17.9 Å². The van der Waals surface area contributed by atoms with E-state index in [1.54, 1.807) is 0 Å². The van der Waals surface area contributed by atoms with Gasteiger partial charge in [-0.25, -0.2) is 0 Å². The highest BCUT2D eigenvalue weighted by Gasteiger charge is 2.13. The molecule has 0 bridgehead atoms. The van der Waals surface area contributed by atoms with Gasteiger partial charge in [0.1, 0.15) is 5.70 Å². The van der Waals surface area contributed by atoms with Crippen molar-refractivity contribution in [2.45, 2.75) is 33.6 Å². The van der Waals surface area contributed by atoms with E-state index in [0.29, 0.717) is 11.6 Å². The fourth-order valence-electron chi connectivity index (χ4n) is 1.29. The number of amides is 1. The zero-order valence-electron chi connectivity index (χ0n) is 8.55. The Labute approximate surface area is 79.3 Å². The Kier molecular flexibility index (Phi) is 5.14. The van der Waals surface area contributed by atoms with Gasteiger partial charge in [0.2, 0.25) is 0 Å². The standard InChI is InChI=1S/C9H19N3O/c1-4-5-7(6(2)3)8(12-11)9(10)13/h6,12H,4-5,11H2,1-3H3,(H2,10,13)/b8-7+. The number of rotatable bonds is 5. The summed E-state index contributed by atoms with van der Waals surface area (Å²) in [6.45, 7) is 6.09. The van der Waals surface area contributed by atoms with Crippen LogP contribution in [0.3, 0.4) is 0 Å². The molecule has 4 nitrogen and oxygen atoms in total. The van der Waals surface area contributed by atoms with Gasteiger partial charge in [-0.2, -0.15) is 0 Å². The van der Waals surface area contributed by atoms with E-state index in [9.17, 15) is 4.79 Å². The lowest BCUT2D eigenvalue weighted by molar-refractivity contribution is -0.115. The van der Waals surface area contributed by atoms with Crippen molar-refractivity contribution in [1.82, 2.24) is 5.43 Å². The van der Waals surface area contributed by atoms with Crippen LogP contribution in [0.5, 0.6) is 0 Å².